The normalized spacial score (nSPS) is 23.0. The van der Waals surface area contributed by atoms with Crippen molar-refractivity contribution in [3.8, 4) is 0 Å². The topological polar surface area (TPSA) is 118 Å². The van der Waals surface area contributed by atoms with Crippen LogP contribution in [0.5, 0.6) is 0 Å². The predicted octanol–water partition coefficient (Wildman–Crippen LogP) is 0.922. The lowest BCUT2D eigenvalue weighted by Crippen LogP contribution is -2.32. The number of aromatic nitrogens is 2. The highest BCUT2D eigenvalue weighted by Gasteiger charge is 2.26. The zero-order chi connectivity index (χ0) is 15.6. The standard InChI is InChI=1S/C13H22N4O3S/c1-8-3-5-10(6-4-8)7-15-13(18)11-12(21(14,19)20)9(2)16-17-11/h8,10H,3-7H2,1-2H3,(H,15,18)(H,16,17)(H2,14,19,20). The molecule has 0 bridgehead atoms. The second-order valence-corrected chi connectivity index (χ2v) is 7.41. The molecule has 1 aliphatic carbocycles. The van der Waals surface area contributed by atoms with Gasteiger partial charge in [0.1, 0.15) is 4.90 Å². The van der Waals surface area contributed by atoms with Crippen molar-refractivity contribution in [2.75, 3.05) is 6.54 Å². The molecule has 7 nitrogen and oxygen atoms in total. The Labute approximate surface area is 124 Å². The number of aromatic amines is 1. The molecule has 1 aliphatic rings. The van der Waals surface area contributed by atoms with Crippen LogP contribution in [0.4, 0.5) is 0 Å². The Hall–Kier alpha value is -1.41. The van der Waals surface area contributed by atoms with Crippen LogP contribution in [0.2, 0.25) is 0 Å². The average molecular weight is 314 g/mol. The number of carbonyl (C=O) groups is 1. The quantitative estimate of drug-likeness (QED) is 0.765. The van der Waals surface area contributed by atoms with Crippen molar-refractivity contribution in [1.29, 1.82) is 0 Å². The summed E-state index contributed by atoms with van der Waals surface area (Å²) in [5.41, 5.74) is 0.119. The Kier molecular flexibility index (Phi) is 4.67. The molecular weight excluding hydrogens is 292 g/mol. The molecule has 0 atom stereocenters. The van der Waals surface area contributed by atoms with E-state index in [1.807, 2.05) is 0 Å². The number of H-pyrrole nitrogens is 1. The zero-order valence-electron chi connectivity index (χ0n) is 12.3. The Bertz CT molecular complexity index is 615. The molecule has 21 heavy (non-hydrogen) atoms. The minimum atomic E-state index is -3.97. The molecule has 1 fully saturated rings. The van der Waals surface area contributed by atoms with E-state index < -0.39 is 15.9 Å². The number of carbonyl (C=O) groups excluding carboxylic acids is 1. The number of aryl methyl sites for hydroxylation is 1. The molecule has 0 unspecified atom stereocenters. The highest BCUT2D eigenvalue weighted by molar-refractivity contribution is 7.89. The van der Waals surface area contributed by atoms with E-state index in [-0.39, 0.29) is 16.3 Å². The lowest BCUT2D eigenvalue weighted by Gasteiger charge is -2.26. The molecule has 1 aromatic rings. The Balaban J connectivity index is 2.02. The van der Waals surface area contributed by atoms with Crippen LogP contribution in [-0.2, 0) is 10.0 Å². The molecule has 4 N–H and O–H groups in total. The minimum Gasteiger partial charge on any atom is -0.350 e. The molecule has 2 rings (SSSR count). The fraction of sp³-hybridized carbons (Fsp3) is 0.692. The maximum Gasteiger partial charge on any atom is 0.273 e. The van der Waals surface area contributed by atoms with E-state index in [4.69, 9.17) is 5.14 Å². The SMILES string of the molecule is Cc1[nH]nc(C(=O)NCC2CCC(C)CC2)c1S(N)(=O)=O. The number of hydrogen-bond acceptors (Lipinski definition) is 4. The molecule has 0 aromatic carbocycles. The Morgan fingerprint density at radius 3 is 2.57 bits per heavy atom. The number of sulfonamides is 1. The highest BCUT2D eigenvalue weighted by Crippen LogP contribution is 2.27. The van der Waals surface area contributed by atoms with Gasteiger partial charge >= 0.3 is 0 Å². The van der Waals surface area contributed by atoms with Gasteiger partial charge in [0.25, 0.3) is 5.91 Å². The van der Waals surface area contributed by atoms with Crippen LogP contribution in [0.25, 0.3) is 0 Å². The average Bonchev–Trinajstić information content (AvgIpc) is 2.79. The molecule has 0 saturated heterocycles. The van der Waals surface area contributed by atoms with Crippen LogP contribution in [-0.4, -0.2) is 31.1 Å². The number of amides is 1. The number of nitrogens with one attached hydrogen (secondary N) is 2. The molecule has 8 heteroatoms. The Morgan fingerprint density at radius 2 is 2.00 bits per heavy atom. The lowest BCUT2D eigenvalue weighted by molar-refractivity contribution is 0.0933. The summed E-state index contributed by atoms with van der Waals surface area (Å²) in [6, 6.07) is 0. The van der Waals surface area contributed by atoms with Crippen molar-refractivity contribution >= 4 is 15.9 Å². The van der Waals surface area contributed by atoms with Gasteiger partial charge in [0.2, 0.25) is 10.0 Å². The van der Waals surface area contributed by atoms with Gasteiger partial charge in [0.15, 0.2) is 5.69 Å². The third-order valence-corrected chi connectivity index (χ3v) is 5.15. The van der Waals surface area contributed by atoms with E-state index in [0.717, 1.165) is 18.8 Å². The van der Waals surface area contributed by atoms with Crippen molar-refractivity contribution in [1.82, 2.24) is 15.5 Å². The van der Waals surface area contributed by atoms with Gasteiger partial charge in [-0.15, -0.1) is 0 Å². The van der Waals surface area contributed by atoms with Gasteiger partial charge in [-0.05, 0) is 31.6 Å². The van der Waals surface area contributed by atoms with E-state index in [1.165, 1.54) is 19.8 Å². The third-order valence-electron chi connectivity index (χ3n) is 4.08. The molecule has 0 spiro atoms. The number of hydrogen-bond donors (Lipinski definition) is 3. The van der Waals surface area contributed by atoms with Gasteiger partial charge in [-0.2, -0.15) is 5.10 Å². The number of nitrogens with zero attached hydrogens (tertiary/aromatic N) is 1. The van der Waals surface area contributed by atoms with Crippen LogP contribution in [0.1, 0.15) is 48.8 Å². The summed E-state index contributed by atoms with van der Waals surface area (Å²) in [6.45, 7) is 4.30. The van der Waals surface area contributed by atoms with Crippen LogP contribution >= 0.6 is 0 Å². The van der Waals surface area contributed by atoms with Crippen molar-refractivity contribution in [2.24, 2.45) is 17.0 Å². The minimum absolute atomic E-state index is 0.154. The summed E-state index contributed by atoms with van der Waals surface area (Å²) in [4.78, 5) is 11.9. The third kappa shape index (κ3) is 3.82. The first-order valence-electron chi connectivity index (χ1n) is 7.15. The van der Waals surface area contributed by atoms with E-state index in [2.05, 4.69) is 22.4 Å². The summed E-state index contributed by atoms with van der Waals surface area (Å²) < 4.78 is 23.0. The van der Waals surface area contributed by atoms with Crippen LogP contribution in [0, 0.1) is 18.8 Å². The smallest absolute Gasteiger partial charge is 0.273 e. The summed E-state index contributed by atoms with van der Waals surface area (Å²) in [6.07, 6.45) is 4.52. The van der Waals surface area contributed by atoms with Crippen molar-refractivity contribution < 1.29 is 13.2 Å². The van der Waals surface area contributed by atoms with Gasteiger partial charge in [-0.25, -0.2) is 13.6 Å². The van der Waals surface area contributed by atoms with E-state index in [9.17, 15) is 13.2 Å². The maximum atomic E-state index is 12.1. The van der Waals surface area contributed by atoms with Crippen LogP contribution < -0.4 is 10.5 Å². The monoisotopic (exact) mass is 314 g/mol. The van der Waals surface area contributed by atoms with Gasteiger partial charge in [-0.3, -0.25) is 9.89 Å². The van der Waals surface area contributed by atoms with Crippen LogP contribution in [0.3, 0.4) is 0 Å². The van der Waals surface area contributed by atoms with Gasteiger partial charge in [0.05, 0.1) is 5.69 Å². The fourth-order valence-corrected chi connectivity index (χ4v) is 3.66. The summed E-state index contributed by atoms with van der Waals surface area (Å²) in [7, 11) is -3.97. The fourth-order valence-electron chi connectivity index (χ4n) is 2.77. The van der Waals surface area contributed by atoms with Crippen LogP contribution in [0.15, 0.2) is 4.90 Å². The number of primary sulfonamides is 1. The molecule has 1 aromatic heterocycles. The first-order chi connectivity index (χ1) is 9.79. The molecule has 0 radical (unpaired) electrons. The van der Waals surface area contributed by atoms with Gasteiger partial charge in [0, 0.05) is 6.54 Å². The summed E-state index contributed by atoms with van der Waals surface area (Å²) >= 11 is 0. The molecule has 1 amide bonds. The van der Waals surface area contributed by atoms with Crippen molar-refractivity contribution in [3.05, 3.63) is 11.4 Å². The van der Waals surface area contributed by atoms with Crippen molar-refractivity contribution in [3.63, 3.8) is 0 Å². The second-order valence-electron chi connectivity index (χ2n) is 5.91. The summed E-state index contributed by atoms with van der Waals surface area (Å²) in [5, 5.41) is 14.2. The first-order valence-corrected chi connectivity index (χ1v) is 8.69. The zero-order valence-corrected chi connectivity index (χ0v) is 13.2. The van der Waals surface area contributed by atoms with Gasteiger partial charge in [-0.1, -0.05) is 19.8 Å². The van der Waals surface area contributed by atoms with E-state index in [0.29, 0.717) is 12.5 Å². The van der Waals surface area contributed by atoms with Crippen molar-refractivity contribution in [2.45, 2.75) is 44.4 Å². The lowest BCUT2D eigenvalue weighted by atomic mass is 9.83. The first kappa shape index (κ1) is 16.0. The summed E-state index contributed by atoms with van der Waals surface area (Å²) in [5.74, 6) is 0.699. The maximum absolute atomic E-state index is 12.1. The highest BCUT2D eigenvalue weighted by atomic mass is 32.2. The van der Waals surface area contributed by atoms with E-state index in [1.54, 1.807) is 0 Å². The molecule has 118 valence electrons. The predicted molar refractivity (Wildman–Crippen MR) is 78.2 cm³/mol. The molecular formula is C13H22N4O3S. The largest absolute Gasteiger partial charge is 0.350 e. The number of rotatable bonds is 4. The van der Waals surface area contributed by atoms with Gasteiger partial charge < -0.3 is 5.32 Å². The number of nitrogens with two attached hydrogens (primary N) is 1. The molecule has 1 saturated carbocycles. The Morgan fingerprint density at radius 1 is 1.38 bits per heavy atom. The molecule has 1 heterocycles. The molecule has 0 aliphatic heterocycles. The second kappa shape index (κ2) is 6.15. The van der Waals surface area contributed by atoms with E-state index >= 15 is 0 Å².